The van der Waals surface area contributed by atoms with Crippen molar-refractivity contribution in [3.8, 4) is 0 Å². The van der Waals surface area contributed by atoms with Crippen LogP contribution in [-0.2, 0) is 14.4 Å². The molecule has 0 fully saturated rings. The number of hydrogen-bond acceptors (Lipinski definition) is 8. The maximum absolute atomic E-state index is 11.1. The van der Waals surface area contributed by atoms with Crippen LogP contribution < -0.4 is 0 Å². The van der Waals surface area contributed by atoms with Crippen LogP contribution in [0.5, 0.6) is 0 Å². The highest BCUT2D eigenvalue weighted by Crippen LogP contribution is 2.16. The van der Waals surface area contributed by atoms with E-state index in [1.165, 1.54) is 12.4 Å². The number of hydrogen-bond donors (Lipinski definition) is 0. The van der Waals surface area contributed by atoms with Crippen molar-refractivity contribution in [1.82, 2.24) is 4.90 Å². The standard InChI is InChI=1S/C8H12N2.3C8H11NO.CH4/c1-7(2)10-5-4-9-6-8(10)3;1-6(2)7-3-8(10)5-9-4-7;1-6(2)8-4-3-7(10)5-9-8;1-6(2)8-7(10)4-3-5-9-8;/h4-7H,3H2,1-2H3;2*4-6H,3H2,1-2H3;3,5-6H,4H2,1-2H3;1H4. The molecule has 4 aliphatic rings. The van der Waals surface area contributed by atoms with Gasteiger partial charge in [0.15, 0.2) is 17.3 Å². The summed E-state index contributed by atoms with van der Waals surface area (Å²) in [6, 6.07) is 0.468. The number of allylic oxidation sites excluding steroid dienone is 5. The van der Waals surface area contributed by atoms with Crippen LogP contribution in [0.15, 0.2) is 80.5 Å². The fourth-order valence-electron chi connectivity index (χ4n) is 3.55. The lowest BCUT2D eigenvalue weighted by Gasteiger charge is -2.25. The fraction of sp³-hybridized carbons (Fsp3) is 0.485. The molecule has 0 amide bonds. The molecule has 8 nitrogen and oxygen atoms in total. The van der Waals surface area contributed by atoms with Crippen molar-refractivity contribution in [2.45, 2.75) is 88.1 Å². The fourth-order valence-corrected chi connectivity index (χ4v) is 3.55. The van der Waals surface area contributed by atoms with E-state index in [2.05, 4.69) is 73.0 Å². The minimum Gasteiger partial charge on any atom is -0.343 e. The second kappa shape index (κ2) is 19.3. The van der Waals surface area contributed by atoms with Crippen molar-refractivity contribution in [3.63, 3.8) is 0 Å². The minimum absolute atomic E-state index is 0. The van der Waals surface area contributed by atoms with E-state index in [4.69, 9.17) is 0 Å². The number of Topliss-reactive ketones (excluding diaryl/α,β-unsaturated/α-hetero) is 3. The molecule has 0 N–H and O–H groups in total. The minimum atomic E-state index is 0. The summed E-state index contributed by atoms with van der Waals surface area (Å²) in [5.74, 6) is 1.52. The Morgan fingerprint density at radius 3 is 1.88 bits per heavy atom. The van der Waals surface area contributed by atoms with Gasteiger partial charge in [-0.25, -0.2) is 0 Å². The van der Waals surface area contributed by atoms with Gasteiger partial charge in [0.1, 0.15) is 0 Å². The molecule has 0 spiro atoms. The first-order valence-electron chi connectivity index (χ1n) is 13.8. The van der Waals surface area contributed by atoms with Crippen LogP contribution >= 0.6 is 0 Å². The SMILES string of the molecule is C.C=C1C=NC=CN1C(C)C.CC(C)C1=CCC(=O)C=N1.CC(C)C1=CN=CC(=O)C1.CC(C)C1=NC=CCC1=O. The van der Waals surface area contributed by atoms with Gasteiger partial charge in [0.05, 0.1) is 23.8 Å². The molecule has 4 aliphatic heterocycles. The van der Waals surface area contributed by atoms with Crippen LogP contribution in [0.4, 0.5) is 0 Å². The third kappa shape index (κ3) is 14.4. The maximum Gasteiger partial charge on any atom is 0.181 e. The first kappa shape index (κ1) is 37.2. The summed E-state index contributed by atoms with van der Waals surface area (Å²) in [6.45, 7) is 20.3. The highest BCUT2D eigenvalue weighted by molar-refractivity contribution is 6.41. The zero-order valence-corrected chi connectivity index (χ0v) is 25.3. The Kier molecular flexibility index (Phi) is 17.5. The van der Waals surface area contributed by atoms with Crippen LogP contribution in [0.3, 0.4) is 0 Å². The van der Waals surface area contributed by atoms with Crippen molar-refractivity contribution < 1.29 is 14.4 Å². The molecule has 8 heteroatoms. The Morgan fingerprint density at radius 2 is 1.49 bits per heavy atom. The van der Waals surface area contributed by atoms with Gasteiger partial charge in [-0.2, -0.15) is 0 Å². The number of aliphatic imine (C=N–C) groups is 4. The average Bonchev–Trinajstić information content (AvgIpc) is 2.90. The Hall–Kier alpha value is -3.81. The average molecular weight is 564 g/mol. The summed E-state index contributed by atoms with van der Waals surface area (Å²) >= 11 is 0. The Balaban J connectivity index is 0.000000516. The lowest BCUT2D eigenvalue weighted by molar-refractivity contribution is -0.113. The van der Waals surface area contributed by atoms with Gasteiger partial charge in [-0.15, -0.1) is 0 Å². The number of carbonyl (C=O) groups excluding carboxylic acids is 3. The van der Waals surface area contributed by atoms with Crippen LogP contribution in [0.1, 0.15) is 82.1 Å². The van der Waals surface area contributed by atoms with Gasteiger partial charge in [-0.1, -0.05) is 67.7 Å². The Labute approximate surface area is 247 Å². The molecule has 224 valence electrons. The number of ketones is 3. The second-order valence-corrected chi connectivity index (χ2v) is 10.7. The van der Waals surface area contributed by atoms with Crippen LogP contribution in [0.2, 0.25) is 0 Å². The maximum atomic E-state index is 11.1. The molecule has 0 saturated carbocycles. The van der Waals surface area contributed by atoms with E-state index in [0.717, 1.165) is 17.0 Å². The zero-order valence-electron chi connectivity index (χ0n) is 25.3. The third-order valence-electron chi connectivity index (χ3n) is 5.92. The molecule has 0 aliphatic carbocycles. The Morgan fingerprint density at radius 1 is 0.805 bits per heavy atom. The first-order valence-corrected chi connectivity index (χ1v) is 13.8. The molecule has 41 heavy (non-hydrogen) atoms. The molecule has 0 atom stereocenters. The number of nitrogens with zero attached hydrogens (tertiary/aromatic N) is 5. The van der Waals surface area contributed by atoms with Crippen LogP contribution in [0.25, 0.3) is 0 Å². The van der Waals surface area contributed by atoms with Gasteiger partial charge in [-0.3, -0.25) is 34.4 Å². The normalized spacial score (nSPS) is 17.3. The van der Waals surface area contributed by atoms with Gasteiger partial charge in [-0.05, 0) is 37.2 Å². The highest BCUT2D eigenvalue weighted by atomic mass is 16.1. The van der Waals surface area contributed by atoms with E-state index < -0.39 is 0 Å². The smallest absolute Gasteiger partial charge is 0.181 e. The molecule has 4 heterocycles. The molecule has 0 saturated heterocycles. The van der Waals surface area contributed by atoms with Gasteiger partial charge in [0, 0.05) is 62.0 Å². The molecular weight excluding hydrogens is 514 g/mol. The third-order valence-corrected chi connectivity index (χ3v) is 5.92. The molecule has 0 aromatic carbocycles. The zero-order chi connectivity index (χ0) is 30.2. The van der Waals surface area contributed by atoms with E-state index in [9.17, 15) is 14.4 Å². The molecular formula is C33H49N5O3. The van der Waals surface area contributed by atoms with E-state index >= 15 is 0 Å². The molecule has 4 rings (SSSR count). The molecule has 0 unspecified atom stereocenters. The second-order valence-electron chi connectivity index (χ2n) is 10.7. The van der Waals surface area contributed by atoms with Crippen LogP contribution in [0, 0.1) is 17.8 Å². The van der Waals surface area contributed by atoms with Crippen molar-refractivity contribution in [3.05, 3.63) is 60.5 Å². The van der Waals surface area contributed by atoms with Gasteiger partial charge in [0.25, 0.3) is 0 Å². The Bertz CT molecular complexity index is 1160. The first-order chi connectivity index (χ1) is 18.8. The molecule has 0 radical (unpaired) electrons. The predicted octanol–water partition coefficient (Wildman–Crippen LogP) is 7.11. The molecule has 0 aromatic rings. The monoisotopic (exact) mass is 563 g/mol. The summed E-state index contributed by atoms with van der Waals surface area (Å²) in [5, 5.41) is 0. The lowest BCUT2D eigenvalue weighted by atomic mass is 9.98. The predicted molar refractivity (Wildman–Crippen MR) is 174 cm³/mol. The van der Waals surface area contributed by atoms with E-state index in [-0.39, 0.29) is 30.7 Å². The van der Waals surface area contributed by atoms with E-state index in [0.29, 0.717) is 42.9 Å². The van der Waals surface area contributed by atoms with Gasteiger partial charge < -0.3 is 4.90 Å². The number of rotatable bonds is 4. The quantitative estimate of drug-likeness (QED) is 0.363. The van der Waals surface area contributed by atoms with Gasteiger partial charge >= 0.3 is 0 Å². The molecule has 0 aromatic heterocycles. The van der Waals surface area contributed by atoms with Crippen molar-refractivity contribution in [2.75, 3.05) is 0 Å². The lowest BCUT2D eigenvalue weighted by Crippen LogP contribution is -2.25. The summed E-state index contributed by atoms with van der Waals surface area (Å²) < 4.78 is 0. The summed E-state index contributed by atoms with van der Waals surface area (Å²) in [4.78, 5) is 50.3. The van der Waals surface area contributed by atoms with Crippen LogP contribution in [-0.4, -0.2) is 52.6 Å². The van der Waals surface area contributed by atoms with Crippen molar-refractivity contribution >= 4 is 41.7 Å². The van der Waals surface area contributed by atoms with Crippen molar-refractivity contribution in [2.24, 2.45) is 37.7 Å². The highest BCUT2D eigenvalue weighted by Gasteiger charge is 2.15. The van der Waals surface area contributed by atoms with E-state index in [1.807, 2.05) is 26.1 Å². The van der Waals surface area contributed by atoms with E-state index in [1.54, 1.807) is 30.9 Å². The largest absolute Gasteiger partial charge is 0.343 e. The topological polar surface area (TPSA) is 104 Å². The van der Waals surface area contributed by atoms with Gasteiger partial charge in [0.2, 0.25) is 0 Å². The summed E-state index contributed by atoms with van der Waals surface area (Å²) in [5.41, 5.74) is 3.83. The number of carbonyl (C=O) groups is 3. The summed E-state index contributed by atoms with van der Waals surface area (Å²) in [6.07, 6.45) is 17.0. The molecule has 0 bridgehead atoms. The van der Waals surface area contributed by atoms with Crippen molar-refractivity contribution in [1.29, 1.82) is 0 Å². The summed E-state index contributed by atoms with van der Waals surface area (Å²) in [7, 11) is 0.